The van der Waals surface area contributed by atoms with Crippen molar-refractivity contribution in [2.24, 2.45) is 0 Å². The summed E-state index contributed by atoms with van der Waals surface area (Å²) in [5.41, 5.74) is 0.487. The van der Waals surface area contributed by atoms with Crippen molar-refractivity contribution in [1.29, 1.82) is 0 Å². The summed E-state index contributed by atoms with van der Waals surface area (Å²) < 4.78 is 41.5. The summed E-state index contributed by atoms with van der Waals surface area (Å²) >= 11 is 6.93. The Kier molecular flexibility index (Phi) is 11.1. The normalized spacial score (nSPS) is 12.2. The molecule has 1 atom stereocenters. The third-order valence-electron chi connectivity index (χ3n) is 7.88. The Morgan fingerprint density at radius 2 is 1.38 bits per heavy atom. The Balaban J connectivity index is 1.28. The summed E-state index contributed by atoms with van der Waals surface area (Å²) in [4.78, 5) is 41.3. The van der Waals surface area contributed by atoms with Crippen molar-refractivity contribution in [2.75, 3.05) is 10.6 Å². The zero-order valence-corrected chi connectivity index (χ0v) is 28.7. The molecule has 260 valence electrons. The van der Waals surface area contributed by atoms with Gasteiger partial charge in [0.05, 0.1) is 11.3 Å². The van der Waals surface area contributed by atoms with Crippen LogP contribution < -0.4 is 16.0 Å². The van der Waals surface area contributed by atoms with E-state index in [1.165, 1.54) is 6.07 Å². The van der Waals surface area contributed by atoms with Gasteiger partial charge in [-0.1, -0.05) is 109 Å². The molecule has 0 radical (unpaired) electrons. The topological polar surface area (TPSA) is 87.3 Å². The summed E-state index contributed by atoms with van der Waals surface area (Å²) in [6.45, 7) is 0. The Morgan fingerprint density at radius 1 is 0.712 bits per heavy atom. The summed E-state index contributed by atoms with van der Waals surface area (Å²) in [6, 6.07) is 40.3. The molecule has 0 aliphatic heterocycles. The third kappa shape index (κ3) is 8.90. The van der Waals surface area contributed by atoms with E-state index in [1.807, 2.05) is 42.5 Å². The first-order valence-corrected chi connectivity index (χ1v) is 17.2. The van der Waals surface area contributed by atoms with Crippen LogP contribution in [0.2, 0.25) is 5.02 Å². The fourth-order valence-corrected chi connectivity index (χ4v) is 6.67. The zero-order valence-electron chi connectivity index (χ0n) is 27.2. The van der Waals surface area contributed by atoms with Gasteiger partial charge in [0.15, 0.2) is 0 Å². The molecule has 0 aliphatic carbocycles. The van der Waals surface area contributed by atoms with Crippen molar-refractivity contribution in [3.8, 4) is 0 Å². The van der Waals surface area contributed by atoms with Crippen LogP contribution in [0, 0.1) is 0 Å². The number of carbonyl (C=O) groups excluding carboxylic acids is 3. The molecule has 0 fully saturated rings. The van der Waals surface area contributed by atoms with Gasteiger partial charge in [-0.2, -0.15) is 13.2 Å². The number of halogens is 4. The van der Waals surface area contributed by atoms with Crippen LogP contribution in [0.1, 0.15) is 32.3 Å². The maximum absolute atomic E-state index is 13.9. The molecule has 11 heteroatoms. The summed E-state index contributed by atoms with van der Waals surface area (Å²) in [6.07, 6.45) is -3.14. The average Bonchev–Trinajstić information content (AvgIpc) is 3.14. The van der Waals surface area contributed by atoms with Gasteiger partial charge in [-0.3, -0.25) is 14.4 Å². The van der Waals surface area contributed by atoms with Gasteiger partial charge in [0.1, 0.15) is 10.9 Å². The van der Waals surface area contributed by atoms with E-state index >= 15 is 0 Å². The summed E-state index contributed by atoms with van der Waals surface area (Å²) in [5, 5.41) is 8.78. The zero-order chi connectivity index (χ0) is 36.7. The molecule has 3 amide bonds. The van der Waals surface area contributed by atoms with E-state index in [9.17, 15) is 27.6 Å². The smallest absolute Gasteiger partial charge is 0.324 e. The Hall–Kier alpha value is -5.84. The second-order valence-corrected chi connectivity index (χ2v) is 13.1. The predicted octanol–water partition coefficient (Wildman–Crippen LogP) is 10.4. The highest BCUT2D eigenvalue weighted by Gasteiger charge is 2.35. The molecule has 0 aliphatic rings. The number of nitrogens with one attached hydrogen (secondary N) is 3. The Labute approximate surface area is 306 Å². The molecular formula is C41H29ClF3N3O3S. The number of carbonyl (C=O) groups is 3. The summed E-state index contributed by atoms with van der Waals surface area (Å²) in [5.74, 6) is -1.76. The van der Waals surface area contributed by atoms with Gasteiger partial charge in [-0.05, 0) is 76.5 Å². The van der Waals surface area contributed by atoms with Crippen molar-refractivity contribution in [2.45, 2.75) is 16.3 Å². The maximum atomic E-state index is 13.9. The number of rotatable bonds is 10. The number of anilines is 2. The Morgan fingerprint density at radius 3 is 2.13 bits per heavy atom. The first-order valence-electron chi connectivity index (χ1n) is 15.9. The van der Waals surface area contributed by atoms with E-state index in [-0.39, 0.29) is 10.7 Å². The molecule has 0 heterocycles. The first-order chi connectivity index (χ1) is 25.0. The second kappa shape index (κ2) is 16.0. The molecule has 6 rings (SSSR count). The summed E-state index contributed by atoms with van der Waals surface area (Å²) in [7, 11) is 0. The number of hydrogen-bond acceptors (Lipinski definition) is 4. The third-order valence-corrected chi connectivity index (χ3v) is 9.37. The lowest BCUT2D eigenvalue weighted by Gasteiger charge is -2.20. The highest BCUT2D eigenvalue weighted by Crippen LogP contribution is 2.40. The SMILES string of the molecule is O=C(Nc1cccc(SC(C(=O)Nc2ccc(Cl)cc2C(F)(F)F)c2ccccc2)c1)/C(=C\c1cccc2ccccc12)NC(=O)c1ccccc1. The monoisotopic (exact) mass is 735 g/mol. The molecule has 0 bridgehead atoms. The second-order valence-electron chi connectivity index (χ2n) is 11.5. The van der Waals surface area contributed by atoms with Gasteiger partial charge in [0.25, 0.3) is 11.8 Å². The van der Waals surface area contributed by atoms with Crippen molar-refractivity contribution in [3.63, 3.8) is 0 Å². The number of benzene rings is 6. The standard InChI is InChI=1S/C41H29ClF3N3O3S/c42-30-21-22-35(34(24-30)41(43,44)45)47-40(51)37(27-12-3-1-4-13-27)52-32-19-10-18-31(25-32)46-39(50)36(48-38(49)28-14-5-2-6-15-28)23-29-17-9-16-26-11-7-8-20-33(26)29/h1-25,37H,(H,46,50)(H,47,51)(H,48,49)/b36-23+. The van der Waals surface area contributed by atoms with E-state index < -0.39 is 40.4 Å². The van der Waals surface area contributed by atoms with Crippen LogP contribution in [0.4, 0.5) is 24.5 Å². The molecule has 0 spiro atoms. The lowest BCUT2D eigenvalue weighted by Crippen LogP contribution is -2.30. The van der Waals surface area contributed by atoms with Crippen molar-refractivity contribution in [1.82, 2.24) is 5.32 Å². The highest BCUT2D eigenvalue weighted by atomic mass is 35.5. The van der Waals surface area contributed by atoms with E-state index in [0.29, 0.717) is 27.3 Å². The lowest BCUT2D eigenvalue weighted by molar-refractivity contribution is -0.137. The number of thioether (sulfide) groups is 1. The van der Waals surface area contributed by atoms with Gasteiger partial charge in [0, 0.05) is 21.2 Å². The van der Waals surface area contributed by atoms with Crippen LogP contribution in [-0.2, 0) is 15.8 Å². The molecule has 6 aromatic carbocycles. The number of fused-ring (bicyclic) bond motifs is 1. The molecule has 6 aromatic rings. The van der Waals surface area contributed by atoms with Crippen molar-refractivity contribution in [3.05, 3.63) is 179 Å². The van der Waals surface area contributed by atoms with Crippen molar-refractivity contribution >= 4 is 69.3 Å². The van der Waals surface area contributed by atoms with E-state index in [0.717, 1.165) is 34.7 Å². The first kappa shape index (κ1) is 36.0. The predicted molar refractivity (Wildman–Crippen MR) is 201 cm³/mol. The van der Waals surface area contributed by atoms with Crippen LogP contribution >= 0.6 is 23.4 Å². The van der Waals surface area contributed by atoms with Crippen LogP contribution in [0.5, 0.6) is 0 Å². The fourth-order valence-electron chi connectivity index (χ4n) is 5.41. The van der Waals surface area contributed by atoms with E-state index in [4.69, 9.17) is 11.6 Å². The van der Waals surface area contributed by atoms with Gasteiger partial charge in [-0.25, -0.2) is 0 Å². The van der Waals surface area contributed by atoms with Gasteiger partial charge >= 0.3 is 6.18 Å². The molecule has 6 nitrogen and oxygen atoms in total. The molecule has 0 saturated heterocycles. The Bertz CT molecular complexity index is 2280. The largest absolute Gasteiger partial charge is 0.418 e. The fraction of sp³-hybridized carbons (Fsp3) is 0.0488. The molecule has 1 unspecified atom stereocenters. The van der Waals surface area contributed by atoms with E-state index in [1.54, 1.807) is 91.0 Å². The highest BCUT2D eigenvalue weighted by molar-refractivity contribution is 8.00. The van der Waals surface area contributed by atoms with Gasteiger partial charge < -0.3 is 16.0 Å². The molecule has 3 N–H and O–H groups in total. The number of amides is 3. The average molecular weight is 736 g/mol. The van der Waals surface area contributed by atoms with Crippen LogP contribution in [0.3, 0.4) is 0 Å². The van der Waals surface area contributed by atoms with Gasteiger partial charge in [0.2, 0.25) is 5.91 Å². The minimum absolute atomic E-state index is 0.00626. The van der Waals surface area contributed by atoms with Crippen LogP contribution in [0.15, 0.2) is 156 Å². The lowest BCUT2D eigenvalue weighted by atomic mass is 10.0. The molecule has 0 saturated carbocycles. The molecular weight excluding hydrogens is 707 g/mol. The number of hydrogen-bond donors (Lipinski definition) is 3. The molecule has 0 aromatic heterocycles. The molecule has 52 heavy (non-hydrogen) atoms. The van der Waals surface area contributed by atoms with Crippen LogP contribution in [0.25, 0.3) is 16.8 Å². The van der Waals surface area contributed by atoms with Gasteiger partial charge in [-0.15, -0.1) is 11.8 Å². The maximum Gasteiger partial charge on any atom is 0.418 e. The minimum Gasteiger partial charge on any atom is -0.324 e. The van der Waals surface area contributed by atoms with Crippen LogP contribution in [-0.4, -0.2) is 17.7 Å². The minimum atomic E-state index is -4.75. The van der Waals surface area contributed by atoms with Crippen molar-refractivity contribution < 1.29 is 27.6 Å². The number of alkyl halides is 3. The quantitative estimate of drug-likeness (QED) is 0.0966. The van der Waals surface area contributed by atoms with E-state index in [2.05, 4.69) is 16.0 Å².